The second kappa shape index (κ2) is 8.95. The van der Waals surface area contributed by atoms with Gasteiger partial charge in [-0.1, -0.05) is 30.3 Å². The summed E-state index contributed by atoms with van der Waals surface area (Å²) in [6.07, 6.45) is 1.01. The van der Waals surface area contributed by atoms with Crippen molar-refractivity contribution in [2.45, 2.75) is 45.8 Å². The summed E-state index contributed by atoms with van der Waals surface area (Å²) in [6, 6.07) is 9.73. The summed E-state index contributed by atoms with van der Waals surface area (Å²) in [5.74, 6) is 0.994. The van der Waals surface area contributed by atoms with Crippen LogP contribution in [0, 0.1) is 17.8 Å². The number of esters is 1. The maximum Gasteiger partial charge on any atom is 0.410 e. The maximum atomic E-state index is 12.5. The summed E-state index contributed by atoms with van der Waals surface area (Å²) in [6.45, 7) is 9.07. The number of likely N-dealkylation sites (tertiary alicyclic amines) is 1. The molecule has 2 fully saturated rings. The number of nitrogens with zero attached hydrogens (tertiary/aromatic N) is 1. The van der Waals surface area contributed by atoms with E-state index in [0.29, 0.717) is 43.9 Å². The van der Waals surface area contributed by atoms with Gasteiger partial charge in [0.05, 0.1) is 0 Å². The number of carbonyl (C=O) groups is 2. The van der Waals surface area contributed by atoms with E-state index in [1.54, 1.807) is 0 Å². The van der Waals surface area contributed by atoms with E-state index in [2.05, 4.69) is 5.32 Å². The molecular weight excluding hydrogens is 356 g/mol. The number of ether oxygens (including phenoxy) is 2. The molecule has 2 atom stereocenters. The molecule has 2 aliphatic heterocycles. The second-order valence-electron chi connectivity index (χ2n) is 8.91. The molecule has 0 aliphatic carbocycles. The first kappa shape index (κ1) is 20.6. The number of rotatable bonds is 5. The van der Waals surface area contributed by atoms with Crippen LogP contribution >= 0.6 is 0 Å². The molecule has 0 aromatic heterocycles. The molecule has 6 heteroatoms. The van der Waals surface area contributed by atoms with Crippen molar-refractivity contribution in [3.05, 3.63) is 35.9 Å². The molecule has 0 saturated carbocycles. The molecule has 3 rings (SSSR count). The van der Waals surface area contributed by atoms with Gasteiger partial charge in [-0.25, -0.2) is 4.79 Å². The lowest BCUT2D eigenvalue weighted by Gasteiger charge is -2.47. The number of piperidine rings is 2. The average Bonchev–Trinajstić information content (AvgIpc) is 2.63. The Labute approximate surface area is 167 Å². The third-order valence-electron chi connectivity index (χ3n) is 5.50. The molecule has 1 aromatic rings. The normalized spacial score (nSPS) is 24.5. The van der Waals surface area contributed by atoms with Gasteiger partial charge in [0.2, 0.25) is 0 Å². The molecule has 2 heterocycles. The van der Waals surface area contributed by atoms with Crippen molar-refractivity contribution in [3.63, 3.8) is 0 Å². The quantitative estimate of drug-likeness (QED) is 0.785. The molecular formula is C22H32N2O4. The van der Waals surface area contributed by atoms with E-state index in [1.165, 1.54) is 0 Å². The van der Waals surface area contributed by atoms with Crippen LogP contribution in [0.4, 0.5) is 4.79 Å². The minimum absolute atomic E-state index is 0.136. The fourth-order valence-corrected chi connectivity index (χ4v) is 4.29. The van der Waals surface area contributed by atoms with Crippen molar-refractivity contribution in [2.75, 3.05) is 26.2 Å². The predicted octanol–water partition coefficient (Wildman–Crippen LogP) is 3.21. The van der Waals surface area contributed by atoms with Crippen LogP contribution in [0.15, 0.2) is 30.3 Å². The molecule has 0 spiro atoms. The first-order valence-corrected chi connectivity index (χ1v) is 10.2. The van der Waals surface area contributed by atoms with Crippen LogP contribution < -0.4 is 5.32 Å². The molecule has 28 heavy (non-hydrogen) atoms. The highest BCUT2D eigenvalue weighted by molar-refractivity contribution is 5.70. The largest absolute Gasteiger partial charge is 0.460 e. The van der Waals surface area contributed by atoms with Gasteiger partial charge in [0.15, 0.2) is 0 Å². The van der Waals surface area contributed by atoms with Gasteiger partial charge in [-0.15, -0.1) is 0 Å². The zero-order valence-corrected chi connectivity index (χ0v) is 17.1. The Morgan fingerprint density at radius 3 is 2.36 bits per heavy atom. The minimum atomic E-state index is -0.444. The van der Waals surface area contributed by atoms with E-state index in [0.717, 1.165) is 25.1 Å². The van der Waals surface area contributed by atoms with Crippen molar-refractivity contribution in [1.82, 2.24) is 10.2 Å². The summed E-state index contributed by atoms with van der Waals surface area (Å²) in [5, 5.41) is 3.47. The van der Waals surface area contributed by atoms with Gasteiger partial charge in [0.1, 0.15) is 12.2 Å². The summed E-state index contributed by atoms with van der Waals surface area (Å²) in [7, 11) is 0. The summed E-state index contributed by atoms with van der Waals surface area (Å²) in [5.41, 5.74) is 0.547. The first-order valence-electron chi connectivity index (χ1n) is 10.2. The number of amides is 1. The molecule has 6 nitrogen and oxygen atoms in total. The molecule has 2 aliphatic rings. The molecule has 0 radical (unpaired) electrons. The Hall–Kier alpha value is -2.08. The van der Waals surface area contributed by atoms with Crippen LogP contribution in [0.2, 0.25) is 0 Å². The van der Waals surface area contributed by atoms with E-state index in [-0.39, 0.29) is 12.1 Å². The highest BCUT2D eigenvalue weighted by Crippen LogP contribution is 2.35. The van der Waals surface area contributed by atoms with Crippen LogP contribution in [0.1, 0.15) is 39.2 Å². The molecule has 1 amide bonds. The van der Waals surface area contributed by atoms with Gasteiger partial charge in [0, 0.05) is 19.5 Å². The first-order chi connectivity index (χ1) is 13.3. The van der Waals surface area contributed by atoms with Crippen LogP contribution in [-0.4, -0.2) is 48.7 Å². The third-order valence-corrected chi connectivity index (χ3v) is 5.50. The fraction of sp³-hybridized carbons (Fsp3) is 0.636. The fourth-order valence-electron chi connectivity index (χ4n) is 4.29. The third kappa shape index (κ3) is 5.71. The van der Waals surface area contributed by atoms with E-state index >= 15 is 0 Å². The van der Waals surface area contributed by atoms with Crippen LogP contribution in [0.25, 0.3) is 0 Å². The highest BCUT2D eigenvalue weighted by Gasteiger charge is 2.41. The monoisotopic (exact) mass is 388 g/mol. The molecule has 1 N–H and O–H groups in total. The Morgan fingerprint density at radius 2 is 1.75 bits per heavy atom. The van der Waals surface area contributed by atoms with E-state index in [9.17, 15) is 9.59 Å². The SMILES string of the molecule is CC(C)(C)OC(=O)CCC1C2CNCC1CN(C(=O)OCc1ccccc1)C2. The lowest BCUT2D eigenvalue weighted by Crippen LogP contribution is -2.57. The number of hydrogen-bond acceptors (Lipinski definition) is 5. The van der Waals surface area contributed by atoms with Gasteiger partial charge in [-0.2, -0.15) is 0 Å². The Kier molecular flexibility index (Phi) is 6.60. The Bertz CT molecular complexity index is 657. The Balaban J connectivity index is 1.51. The molecule has 2 unspecified atom stereocenters. The smallest absolute Gasteiger partial charge is 0.410 e. The van der Waals surface area contributed by atoms with Crippen molar-refractivity contribution in [2.24, 2.45) is 17.8 Å². The lowest BCUT2D eigenvalue weighted by atomic mass is 9.72. The maximum absolute atomic E-state index is 12.5. The summed E-state index contributed by atoms with van der Waals surface area (Å²) >= 11 is 0. The van der Waals surface area contributed by atoms with E-state index in [1.807, 2.05) is 56.0 Å². The van der Waals surface area contributed by atoms with Crippen molar-refractivity contribution in [3.8, 4) is 0 Å². The van der Waals surface area contributed by atoms with Gasteiger partial charge in [-0.05, 0) is 63.6 Å². The number of carbonyl (C=O) groups excluding carboxylic acids is 2. The Morgan fingerprint density at radius 1 is 1.11 bits per heavy atom. The van der Waals surface area contributed by atoms with Crippen LogP contribution in [-0.2, 0) is 20.9 Å². The zero-order valence-electron chi connectivity index (χ0n) is 17.1. The topological polar surface area (TPSA) is 67.9 Å². The minimum Gasteiger partial charge on any atom is -0.460 e. The standard InChI is InChI=1S/C22H32N2O4/c1-22(2,3)28-20(25)10-9-19-17-11-23-12-18(19)14-24(13-17)21(26)27-15-16-7-5-4-6-8-16/h4-8,17-19,23H,9-15H2,1-3H3. The number of nitrogens with one attached hydrogen (secondary N) is 1. The molecule has 1 aromatic carbocycles. The number of benzene rings is 1. The predicted molar refractivity (Wildman–Crippen MR) is 107 cm³/mol. The molecule has 154 valence electrons. The van der Waals surface area contributed by atoms with Crippen LogP contribution in [0.5, 0.6) is 0 Å². The summed E-state index contributed by atoms with van der Waals surface area (Å²) < 4.78 is 11.0. The van der Waals surface area contributed by atoms with Gasteiger partial charge >= 0.3 is 12.1 Å². The van der Waals surface area contributed by atoms with Gasteiger partial charge in [0.25, 0.3) is 0 Å². The molecule has 2 bridgehead atoms. The van der Waals surface area contributed by atoms with E-state index in [4.69, 9.17) is 9.47 Å². The van der Waals surface area contributed by atoms with Crippen molar-refractivity contribution in [1.29, 1.82) is 0 Å². The van der Waals surface area contributed by atoms with Crippen molar-refractivity contribution >= 4 is 12.1 Å². The highest BCUT2D eigenvalue weighted by atomic mass is 16.6. The van der Waals surface area contributed by atoms with Crippen molar-refractivity contribution < 1.29 is 19.1 Å². The lowest BCUT2D eigenvalue weighted by molar-refractivity contribution is -0.155. The second-order valence-corrected chi connectivity index (χ2v) is 8.91. The number of fused-ring (bicyclic) bond motifs is 2. The summed E-state index contributed by atoms with van der Waals surface area (Å²) in [4.78, 5) is 26.5. The number of hydrogen-bond donors (Lipinski definition) is 1. The van der Waals surface area contributed by atoms with E-state index < -0.39 is 5.60 Å². The van der Waals surface area contributed by atoms with Gasteiger partial charge < -0.3 is 19.7 Å². The average molecular weight is 389 g/mol. The zero-order chi connectivity index (χ0) is 20.1. The molecule has 2 saturated heterocycles. The van der Waals surface area contributed by atoms with Gasteiger partial charge in [-0.3, -0.25) is 4.79 Å². The van der Waals surface area contributed by atoms with Crippen LogP contribution in [0.3, 0.4) is 0 Å².